The molecule has 0 aliphatic carbocycles. The number of carbonyl (C=O) groups is 1. The Hall–Kier alpha value is -0.770. The van der Waals surface area contributed by atoms with Gasteiger partial charge >= 0.3 is 0 Å². The van der Waals surface area contributed by atoms with Crippen molar-refractivity contribution in [1.82, 2.24) is 5.32 Å². The highest BCUT2D eigenvalue weighted by Gasteiger charge is 2.37. The summed E-state index contributed by atoms with van der Waals surface area (Å²) in [6.07, 6.45) is -5.75. The van der Waals surface area contributed by atoms with Gasteiger partial charge in [-0.2, -0.15) is 0 Å². The van der Waals surface area contributed by atoms with E-state index in [0.717, 1.165) is 0 Å². The van der Waals surface area contributed by atoms with E-state index in [1.54, 1.807) is 0 Å². The van der Waals surface area contributed by atoms with E-state index in [4.69, 9.17) is 19.3 Å². The molecular formula is C11H23NO7. The van der Waals surface area contributed by atoms with Crippen molar-refractivity contribution in [1.29, 1.82) is 0 Å². The summed E-state index contributed by atoms with van der Waals surface area (Å²) in [6.45, 7) is 0.862. The molecule has 0 heterocycles. The van der Waals surface area contributed by atoms with Crippen molar-refractivity contribution in [2.75, 3.05) is 27.9 Å². The number of hydrogen-bond donors (Lipinski definition) is 4. The Bertz CT molecular complexity index is 259. The Labute approximate surface area is 112 Å². The van der Waals surface area contributed by atoms with Crippen LogP contribution in [0.25, 0.3) is 0 Å². The van der Waals surface area contributed by atoms with Crippen LogP contribution in [0, 0.1) is 0 Å². The molecule has 0 aromatic carbocycles. The lowest BCUT2D eigenvalue weighted by Crippen LogP contribution is -2.56. The smallest absolute Gasteiger partial charge is 0.218 e. The first-order valence-electron chi connectivity index (χ1n) is 5.75. The van der Waals surface area contributed by atoms with Gasteiger partial charge in [0.1, 0.15) is 24.4 Å². The Morgan fingerprint density at radius 1 is 1.11 bits per heavy atom. The quantitative estimate of drug-likeness (QED) is 0.356. The number of nitrogens with one attached hydrogen (secondary N) is 1. The molecule has 8 nitrogen and oxygen atoms in total. The molecule has 0 spiro atoms. The molecule has 8 heteroatoms. The zero-order valence-corrected chi connectivity index (χ0v) is 11.6. The van der Waals surface area contributed by atoms with Crippen LogP contribution >= 0.6 is 0 Å². The second-order valence-electron chi connectivity index (χ2n) is 4.00. The fourth-order valence-electron chi connectivity index (χ4n) is 1.68. The predicted octanol–water partition coefficient (Wildman–Crippen LogP) is -2.16. The molecule has 0 aliphatic heterocycles. The number of ether oxygens (including phenoxy) is 3. The molecule has 0 aromatic rings. The lowest BCUT2D eigenvalue weighted by atomic mass is 10.0. The summed E-state index contributed by atoms with van der Waals surface area (Å²) in [4.78, 5) is 10.9. The van der Waals surface area contributed by atoms with E-state index in [1.165, 1.54) is 28.3 Å². The second kappa shape index (κ2) is 9.18. The number of aliphatic hydroxyl groups excluding tert-OH is 3. The molecule has 4 N–H and O–H groups in total. The number of methoxy groups -OCH3 is 3. The third-order valence-electron chi connectivity index (χ3n) is 2.72. The first-order valence-corrected chi connectivity index (χ1v) is 5.75. The summed E-state index contributed by atoms with van der Waals surface area (Å²) >= 11 is 0. The van der Waals surface area contributed by atoms with Crippen LogP contribution in [0.2, 0.25) is 0 Å². The standard InChI is InChI=1S/C11H23NO7/c1-6(14)12-11(19-4)9(16)8(15)10(18-3)7(5-13)17-2/h7-11,13,15-16H,5H2,1-4H3,(H,12,14)/t7-,8-,9-,10+,11?/m1/s1. The lowest BCUT2D eigenvalue weighted by Gasteiger charge is -2.33. The zero-order valence-electron chi connectivity index (χ0n) is 11.6. The van der Waals surface area contributed by atoms with E-state index in [1.807, 2.05) is 0 Å². The maximum absolute atomic E-state index is 10.9. The number of rotatable bonds is 9. The topological polar surface area (TPSA) is 117 Å². The molecule has 5 atom stereocenters. The van der Waals surface area contributed by atoms with Crippen LogP contribution in [0.4, 0.5) is 0 Å². The highest BCUT2D eigenvalue weighted by atomic mass is 16.5. The van der Waals surface area contributed by atoms with Gasteiger partial charge in [0.2, 0.25) is 5.91 Å². The summed E-state index contributed by atoms with van der Waals surface area (Å²) in [5, 5.41) is 31.4. The average molecular weight is 281 g/mol. The van der Waals surface area contributed by atoms with E-state index in [0.29, 0.717) is 0 Å². The molecule has 0 aliphatic rings. The van der Waals surface area contributed by atoms with Gasteiger partial charge in [0.05, 0.1) is 6.61 Å². The van der Waals surface area contributed by atoms with E-state index in [2.05, 4.69) is 5.32 Å². The van der Waals surface area contributed by atoms with Gasteiger partial charge in [-0.3, -0.25) is 4.79 Å². The van der Waals surface area contributed by atoms with Crippen molar-refractivity contribution >= 4 is 5.91 Å². The largest absolute Gasteiger partial charge is 0.394 e. The molecule has 0 saturated heterocycles. The zero-order chi connectivity index (χ0) is 15.0. The van der Waals surface area contributed by atoms with Crippen LogP contribution < -0.4 is 5.32 Å². The molecule has 114 valence electrons. The number of amides is 1. The average Bonchev–Trinajstić information content (AvgIpc) is 2.40. The van der Waals surface area contributed by atoms with Crippen LogP contribution in [-0.4, -0.2) is 79.8 Å². The van der Waals surface area contributed by atoms with E-state index in [-0.39, 0.29) is 0 Å². The van der Waals surface area contributed by atoms with Gasteiger partial charge in [-0.1, -0.05) is 0 Å². The molecule has 0 bridgehead atoms. The van der Waals surface area contributed by atoms with Crippen molar-refractivity contribution in [3.8, 4) is 0 Å². The minimum Gasteiger partial charge on any atom is -0.394 e. The molecule has 0 aromatic heterocycles. The Morgan fingerprint density at radius 2 is 1.68 bits per heavy atom. The minimum atomic E-state index is -1.44. The second-order valence-corrected chi connectivity index (χ2v) is 4.00. The highest BCUT2D eigenvalue weighted by molar-refractivity contribution is 5.73. The van der Waals surface area contributed by atoms with Gasteiger partial charge in [0, 0.05) is 28.3 Å². The van der Waals surface area contributed by atoms with Gasteiger partial charge in [-0.25, -0.2) is 0 Å². The molecule has 0 radical (unpaired) electrons. The molecule has 0 fully saturated rings. The lowest BCUT2D eigenvalue weighted by molar-refractivity contribution is -0.168. The van der Waals surface area contributed by atoms with Crippen molar-refractivity contribution < 1.29 is 34.3 Å². The van der Waals surface area contributed by atoms with Crippen molar-refractivity contribution in [2.24, 2.45) is 0 Å². The highest BCUT2D eigenvalue weighted by Crippen LogP contribution is 2.13. The Kier molecular flexibility index (Phi) is 8.81. The van der Waals surface area contributed by atoms with Gasteiger partial charge in [0.15, 0.2) is 6.23 Å². The third kappa shape index (κ3) is 5.39. The summed E-state index contributed by atoms with van der Waals surface area (Å²) in [5.41, 5.74) is 0. The summed E-state index contributed by atoms with van der Waals surface area (Å²) in [7, 11) is 3.92. The molecule has 0 saturated carbocycles. The number of hydrogen-bond acceptors (Lipinski definition) is 7. The van der Waals surface area contributed by atoms with Crippen LogP contribution in [-0.2, 0) is 19.0 Å². The molecule has 19 heavy (non-hydrogen) atoms. The summed E-state index contributed by atoms with van der Waals surface area (Å²) in [6, 6.07) is 0. The van der Waals surface area contributed by atoms with E-state index in [9.17, 15) is 15.0 Å². The fourth-order valence-corrected chi connectivity index (χ4v) is 1.68. The summed E-state index contributed by atoms with van der Waals surface area (Å²) < 4.78 is 14.8. The fraction of sp³-hybridized carbons (Fsp3) is 0.909. The van der Waals surface area contributed by atoms with Gasteiger partial charge < -0.3 is 34.8 Å². The minimum absolute atomic E-state index is 0.392. The van der Waals surface area contributed by atoms with E-state index >= 15 is 0 Å². The monoisotopic (exact) mass is 281 g/mol. The van der Waals surface area contributed by atoms with E-state index < -0.39 is 43.2 Å². The van der Waals surface area contributed by atoms with Crippen LogP contribution in [0.15, 0.2) is 0 Å². The van der Waals surface area contributed by atoms with Crippen LogP contribution in [0.5, 0.6) is 0 Å². The van der Waals surface area contributed by atoms with Crippen LogP contribution in [0.1, 0.15) is 6.92 Å². The number of carbonyl (C=O) groups excluding carboxylic acids is 1. The first kappa shape index (κ1) is 18.2. The number of aliphatic hydroxyl groups is 3. The van der Waals surface area contributed by atoms with Gasteiger partial charge in [0.25, 0.3) is 0 Å². The van der Waals surface area contributed by atoms with Crippen LogP contribution in [0.3, 0.4) is 0 Å². The molecule has 0 rings (SSSR count). The molecule has 1 unspecified atom stereocenters. The van der Waals surface area contributed by atoms with Gasteiger partial charge in [-0.05, 0) is 0 Å². The maximum atomic E-state index is 10.9. The predicted molar refractivity (Wildman–Crippen MR) is 65.3 cm³/mol. The molecular weight excluding hydrogens is 258 g/mol. The SMILES string of the molecule is COC(NC(C)=O)[C@H](O)[C@@H](O)[C@@H](OC)[C@@H](CO)OC. The Balaban J connectivity index is 4.81. The summed E-state index contributed by atoms with van der Waals surface area (Å²) in [5.74, 6) is -0.419. The molecule has 1 amide bonds. The first-order chi connectivity index (χ1) is 8.92. The Morgan fingerprint density at radius 3 is 2.00 bits per heavy atom. The van der Waals surface area contributed by atoms with Crippen molar-refractivity contribution in [3.05, 3.63) is 0 Å². The van der Waals surface area contributed by atoms with Crippen molar-refractivity contribution in [2.45, 2.75) is 37.6 Å². The van der Waals surface area contributed by atoms with Gasteiger partial charge in [-0.15, -0.1) is 0 Å². The normalized spacial score (nSPS) is 19.3. The maximum Gasteiger partial charge on any atom is 0.218 e. The third-order valence-corrected chi connectivity index (χ3v) is 2.72. The van der Waals surface area contributed by atoms with Crippen molar-refractivity contribution in [3.63, 3.8) is 0 Å².